The minimum absolute atomic E-state index is 0.0538. The van der Waals surface area contributed by atoms with Crippen LogP contribution in [0.3, 0.4) is 0 Å². The fourth-order valence-electron chi connectivity index (χ4n) is 2.95. The highest BCUT2D eigenvalue weighted by Gasteiger charge is 2.35. The molecule has 1 amide bonds. The molecule has 1 unspecified atom stereocenters. The van der Waals surface area contributed by atoms with Gasteiger partial charge < -0.3 is 14.4 Å². The Balaban J connectivity index is 1.67. The van der Waals surface area contributed by atoms with Crippen LogP contribution >= 0.6 is 0 Å². The molecule has 0 N–H and O–H groups in total. The van der Waals surface area contributed by atoms with E-state index in [-0.39, 0.29) is 24.2 Å². The number of hydrogen-bond acceptors (Lipinski definition) is 4. The number of ether oxygens (including phenoxy) is 2. The number of methoxy groups -OCH3 is 2. The highest BCUT2D eigenvalue weighted by molar-refractivity contribution is 5.99. The van der Waals surface area contributed by atoms with Gasteiger partial charge in [0.15, 0.2) is 0 Å². The van der Waals surface area contributed by atoms with Gasteiger partial charge in [0.1, 0.15) is 5.75 Å². The Hall–Kier alpha value is -3.08. The summed E-state index contributed by atoms with van der Waals surface area (Å²) in [5, 5.41) is 0. The van der Waals surface area contributed by atoms with Crippen LogP contribution in [0.5, 0.6) is 5.75 Å². The first-order chi connectivity index (χ1) is 12.6. The standard InChI is InChI=1S/C21H21NO4/c1-25-19-11-7-16(8-12-19)4-3-15-5-9-18(10-6-15)22-14-17(13-20(22)23)21(24)26-2/h3-12,17H,13-14H2,1-2H3. The van der Waals surface area contributed by atoms with E-state index in [1.807, 2.05) is 60.7 Å². The first-order valence-electron chi connectivity index (χ1n) is 8.41. The molecule has 5 nitrogen and oxygen atoms in total. The second-order valence-corrected chi connectivity index (χ2v) is 6.13. The van der Waals surface area contributed by atoms with Crippen LogP contribution in [0.15, 0.2) is 48.5 Å². The summed E-state index contributed by atoms with van der Waals surface area (Å²) >= 11 is 0. The van der Waals surface area contributed by atoms with Crippen LogP contribution in [0, 0.1) is 5.92 Å². The van der Waals surface area contributed by atoms with E-state index >= 15 is 0 Å². The summed E-state index contributed by atoms with van der Waals surface area (Å²) in [5.74, 6) is 0.0519. The largest absolute Gasteiger partial charge is 0.497 e. The second kappa shape index (κ2) is 7.87. The van der Waals surface area contributed by atoms with Crippen molar-refractivity contribution in [2.75, 3.05) is 25.7 Å². The molecule has 1 atom stereocenters. The quantitative estimate of drug-likeness (QED) is 0.612. The molecule has 1 aliphatic heterocycles. The van der Waals surface area contributed by atoms with Crippen LogP contribution in [0.25, 0.3) is 12.2 Å². The van der Waals surface area contributed by atoms with Gasteiger partial charge in [0, 0.05) is 18.7 Å². The van der Waals surface area contributed by atoms with Gasteiger partial charge in [-0.25, -0.2) is 0 Å². The SMILES string of the molecule is COC(=O)C1CC(=O)N(c2ccc(C=Cc3ccc(OC)cc3)cc2)C1. The van der Waals surface area contributed by atoms with Crippen LogP contribution in [-0.2, 0) is 14.3 Å². The Morgan fingerprint density at radius 3 is 2.12 bits per heavy atom. The monoisotopic (exact) mass is 351 g/mol. The average Bonchev–Trinajstić information content (AvgIpc) is 3.08. The molecule has 134 valence electrons. The normalized spacial score (nSPS) is 16.9. The fraction of sp³-hybridized carbons (Fsp3) is 0.238. The van der Waals surface area contributed by atoms with E-state index in [1.54, 1.807) is 12.0 Å². The van der Waals surface area contributed by atoms with Crippen molar-refractivity contribution >= 4 is 29.7 Å². The Morgan fingerprint density at radius 2 is 1.58 bits per heavy atom. The Kier molecular flexibility index (Phi) is 5.37. The molecule has 2 aromatic carbocycles. The molecule has 26 heavy (non-hydrogen) atoms. The highest BCUT2D eigenvalue weighted by Crippen LogP contribution is 2.26. The molecule has 5 heteroatoms. The topological polar surface area (TPSA) is 55.8 Å². The van der Waals surface area contributed by atoms with Crippen molar-refractivity contribution in [3.05, 3.63) is 59.7 Å². The summed E-state index contributed by atoms with van der Waals surface area (Å²) in [5.41, 5.74) is 2.90. The maximum absolute atomic E-state index is 12.1. The molecular weight excluding hydrogens is 330 g/mol. The maximum Gasteiger partial charge on any atom is 0.311 e. The van der Waals surface area contributed by atoms with Gasteiger partial charge in [-0.3, -0.25) is 9.59 Å². The third-order valence-electron chi connectivity index (χ3n) is 4.45. The minimum atomic E-state index is -0.387. The van der Waals surface area contributed by atoms with E-state index in [9.17, 15) is 9.59 Å². The van der Waals surface area contributed by atoms with Gasteiger partial charge in [0.25, 0.3) is 0 Å². The van der Waals surface area contributed by atoms with Crippen LogP contribution in [-0.4, -0.2) is 32.6 Å². The zero-order valence-electron chi connectivity index (χ0n) is 14.8. The molecule has 1 heterocycles. The van der Waals surface area contributed by atoms with Crippen molar-refractivity contribution in [1.82, 2.24) is 0 Å². The Morgan fingerprint density at radius 1 is 1.00 bits per heavy atom. The molecule has 0 aromatic heterocycles. The van der Waals surface area contributed by atoms with Crippen molar-refractivity contribution in [2.24, 2.45) is 5.92 Å². The zero-order valence-corrected chi connectivity index (χ0v) is 14.8. The number of carbonyl (C=O) groups is 2. The van der Waals surface area contributed by atoms with Crippen molar-refractivity contribution < 1.29 is 19.1 Å². The Bertz CT molecular complexity index is 809. The second-order valence-electron chi connectivity index (χ2n) is 6.13. The summed E-state index contributed by atoms with van der Waals surface area (Å²) in [7, 11) is 2.99. The molecule has 0 aliphatic carbocycles. The summed E-state index contributed by atoms with van der Waals surface area (Å²) in [4.78, 5) is 25.4. The predicted molar refractivity (Wildman–Crippen MR) is 101 cm³/mol. The Labute approximate surface area is 152 Å². The smallest absolute Gasteiger partial charge is 0.311 e. The lowest BCUT2D eigenvalue weighted by molar-refractivity contribution is -0.145. The predicted octanol–water partition coefficient (Wildman–Crippen LogP) is 3.39. The number of nitrogens with zero attached hydrogens (tertiary/aromatic N) is 1. The lowest BCUT2D eigenvalue weighted by atomic mass is 10.1. The highest BCUT2D eigenvalue weighted by atomic mass is 16.5. The van der Waals surface area contributed by atoms with Gasteiger partial charge in [-0.15, -0.1) is 0 Å². The van der Waals surface area contributed by atoms with Gasteiger partial charge in [0.05, 0.1) is 20.1 Å². The van der Waals surface area contributed by atoms with Gasteiger partial charge >= 0.3 is 5.97 Å². The van der Waals surface area contributed by atoms with Crippen LogP contribution in [0.1, 0.15) is 17.5 Å². The summed E-state index contributed by atoms with van der Waals surface area (Å²) in [6, 6.07) is 15.5. The molecule has 1 aliphatic rings. The minimum Gasteiger partial charge on any atom is -0.497 e. The molecular formula is C21H21NO4. The number of esters is 1. The average molecular weight is 351 g/mol. The van der Waals surface area contributed by atoms with Gasteiger partial charge in [-0.2, -0.15) is 0 Å². The first-order valence-corrected chi connectivity index (χ1v) is 8.41. The van der Waals surface area contributed by atoms with E-state index in [0.29, 0.717) is 6.54 Å². The van der Waals surface area contributed by atoms with Crippen molar-refractivity contribution in [2.45, 2.75) is 6.42 Å². The van der Waals surface area contributed by atoms with E-state index < -0.39 is 0 Å². The van der Waals surface area contributed by atoms with E-state index in [4.69, 9.17) is 9.47 Å². The van der Waals surface area contributed by atoms with Crippen LogP contribution < -0.4 is 9.64 Å². The van der Waals surface area contributed by atoms with Crippen LogP contribution in [0.4, 0.5) is 5.69 Å². The van der Waals surface area contributed by atoms with E-state index in [0.717, 1.165) is 22.6 Å². The summed E-state index contributed by atoms with van der Waals surface area (Å²) in [6.07, 6.45) is 4.23. The van der Waals surface area contributed by atoms with Gasteiger partial charge in [-0.05, 0) is 35.4 Å². The van der Waals surface area contributed by atoms with Gasteiger partial charge in [-0.1, -0.05) is 36.4 Å². The number of rotatable bonds is 5. The molecule has 0 radical (unpaired) electrons. The van der Waals surface area contributed by atoms with Crippen molar-refractivity contribution in [1.29, 1.82) is 0 Å². The molecule has 0 spiro atoms. The lowest BCUT2D eigenvalue weighted by Gasteiger charge is -2.16. The number of carbonyl (C=O) groups excluding carboxylic acids is 2. The van der Waals surface area contributed by atoms with Crippen LogP contribution in [0.2, 0.25) is 0 Å². The zero-order chi connectivity index (χ0) is 18.5. The van der Waals surface area contributed by atoms with E-state index in [2.05, 4.69) is 0 Å². The molecule has 3 rings (SSSR count). The lowest BCUT2D eigenvalue weighted by Crippen LogP contribution is -2.26. The maximum atomic E-state index is 12.1. The third kappa shape index (κ3) is 3.94. The molecule has 1 saturated heterocycles. The number of benzene rings is 2. The van der Waals surface area contributed by atoms with Crippen molar-refractivity contribution in [3.8, 4) is 5.75 Å². The van der Waals surface area contributed by atoms with Crippen molar-refractivity contribution in [3.63, 3.8) is 0 Å². The molecule has 0 bridgehead atoms. The molecule has 1 fully saturated rings. The number of anilines is 1. The fourth-order valence-corrected chi connectivity index (χ4v) is 2.95. The first kappa shape index (κ1) is 17.7. The van der Waals surface area contributed by atoms with E-state index in [1.165, 1.54) is 7.11 Å². The third-order valence-corrected chi connectivity index (χ3v) is 4.45. The molecule has 0 saturated carbocycles. The number of hydrogen-bond donors (Lipinski definition) is 0. The number of amides is 1. The summed E-state index contributed by atoms with van der Waals surface area (Å²) in [6.45, 7) is 0.368. The van der Waals surface area contributed by atoms with Gasteiger partial charge in [0.2, 0.25) is 5.91 Å². The molecule has 2 aromatic rings. The summed E-state index contributed by atoms with van der Waals surface area (Å²) < 4.78 is 9.89.